The number of hydrogen-bond donors (Lipinski definition) is 1. The van der Waals surface area contributed by atoms with Crippen LogP contribution in [0.5, 0.6) is 5.88 Å². The van der Waals surface area contributed by atoms with E-state index in [4.69, 9.17) is 9.57 Å². The molecule has 0 spiro atoms. The predicted molar refractivity (Wildman–Crippen MR) is 107 cm³/mol. The molecule has 2 heterocycles. The fourth-order valence-electron chi connectivity index (χ4n) is 3.21. The molecule has 0 unspecified atom stereocenters. The predicted octanol–water partition coefficient (Wildman–Crippen LogP) is 2.60. The van der Waals surface area contributed by atoms with E-state index in [0.29, 0.717) is 35.9 Å². The minimum atomic E-state index is -0.672. The quantitative estimate of drug-likeness (QED) is 0.782. The first-order valence-corrected chi connectivity index (χ1v) is 9.78. The number of fused-ring (bicyclic) bond motifs is 4. The van der Waals surface area contributed by atoms with E-state index < -0.39 is 6.04 Å². The van der Waals surface area contributed by atoms with Crippen LogP contribution in [0.25, 0.3) is 11.4 Å². The highest BCUT2D eigenvalue weighted by atomic mass is 16.7. The zero-order valence-electron chi connectivity index (χ0n) is 16.8. The van der Waals surface area contributed by atoms with E-state index in [1.165, 1.54) is 14.2 Å². The molecule has 8 nitrogen and oxygen atoms in total. The zero-order valence-corrected chi connectivity index (χ0v) is 16.8. The maximum Gasteiger partial charge on any atom is 0.268 e. The number of amides is 2. The number of hydrogen-bond acceptors (Lipinski definition) is 6. The Morgan fingerprint density at radius 1 is 1.17 bits per heavy atom. The van der Waals surface area contributed by atoms with Gasteiger partial charge in [0.1, 0.15) is 6.04 Å². The first kappa shape index (κ1) is 20.7. The average Bonchev–Trinajstić information content (AvgIpc) is 2.76. The van der Waals surface area contributed by atoms with Gasteiger partial charge in [0.05, 0.1) is 19.3 Å². The van der Waals surface area contributed by atoms with Gasteiger partial charge in [0, 0.05) is 24.9 Å². The van der Waals surface area contributed by atoms with Gasteiger partial charge in [-0.2, -0.15) is 4.98 Å². The van der Waals surface area contributed by atoms with Crippen LogP contribution in [0.2, 0.25) is 0 Å². The number of rotatable bonds is 2. The van der Waals surface area contributed by atoms with Crippen LogP contribution in [0.1, 0.15) is 42.5 Å². The van der Waals surface area contributed by atoms with Gasteiger partial charge in [-0.3, -0.25) is 14.4 Å². The van der Waals surface area contributed by atoms with E-state index in [2.05, 4.69) is 15.3 Å². The van der Waals surface area contributed by atoms with Crippen molar-refractivity contribution in [2.45, 2.75) is 38.1 Å². The molecule has 2 aromatic rings. The largest absolute Gasteiger partial charge is 0.478 e. The molecule has 1 atom stereocenters. The Bertz CT molecular complexity index is 858. The Morgan fingerprint density at radius 2 is 1.93 bits per heavy atom. The van der Waals surface area contributed by atoms with Gasteiger partial charge < -0.3 is 10.1 Å². The second kappa shape index (κ2) is 9.97. The Labute approximate surface area is 170 Å². The summed E-state index contributed by atoms with van der Waals surface area (Å²) in [6, 6.07) is 8.10. The molecular weight excluding hydrogens is 372 g/mol. The van der Waals surface area contributed by atoms with Gasteiger partial charge in [-0.25, -0.2) is 10.0 Å². The molecule has 0 saturated carbocycles. The van der Waals surface area contributed by atoms with Crippen LogP contribution in [0, 0.1) is 0 Å². The molecular formula is C21H26N4O4. The Kier molecular flexibility index (Phi) is 7.13. The van der Waals surface area contributed by atoms with Crippen molar-refractivity contribution in [2.24, 2.45) is 0 Å². The van der Waals surface area contributed by atoms with E-state index in [-0.39, 0.29) is 11.8 Å². The molecule has 1 aliphatic heterocycles. The number of carbonyl (C=O) groups is 2. The van der Waals surface area contributed by atoms with Crippen molar-refractivity contribution in [3.63, 3.8) is 0 Å². The molecule has 0 saturated heterocycles. The number of benzene rings is 1. The van der Waals surface area contributed by atoms with Crippen molar-refractivity contribution in [3.8, 4) is 17.3 Å². The zero-order chi connectivity index (χ0) is 20.6. The summed E-state index contributed by atoms with van der Waals surface area (Å²) in [6.07, 6.45) is 5.75. The van der Waals surface area contributed by atoms with Gasteiger partial charge >= 0.3 is 0 Å². The monoisotopic (exact) mass is 398 g/mol. The molecule has 8 heteroatoms. The summed E-state index contributed by atoms with van der Waals surface area (Å²) < 4.78 is 5.74. The van der Waals surface area contributed by atoms with E-state index in [9.17, 15) is 9.59 Å². The number of hydroxylamine groups is 2. The number of likely N-dealkylation sites (N-methyl/N-ethyl adjacent to an activating group) is 1. The molecule has 1 N–H and O–H groups in total. The maximum absolute atomic E-state index is 13.1. The summed E-state index contributed by atoms with van der Waals surface area (Å²) in [4.78, 5) is 39.5. The molecule has 0 fully saturated rings. The Morgan fingerprint density at radius 3 is 2.72 bits per heavy atom. The van der Waals surface area contributed by atoms with Crippen molar-refractivity contribution in [1.29, 1.82) is 0 Å². The van der Waals surface area contributed by atoms with Crippen molar-refractivity contribution in [3.05, 3.63) is 42.1 Å². The highest BCUT2D eigenvalue weighted by Gasteiger charge is 2.26. The Hall–Kier alpha value is -3.00. The van der Waals surface area contributed by atoms with Crippen molar-refractivity contribution in [2.75, 3.05) is 20.8 Å². The van der Waals surface area contributed by atoms with E-state index in [0.717, 1.165) is 30.7 Å². The molecule has 1 aromatic carbocycles. The third-order valence-corrected chi connectivity index (χ3v) is 4.87. The maximum atomic E-state index is 13.1. The summed E-state index contributed by atoms with van der Waals surface area (Å²) in [6.45, 7) is 0.560. The van der Waals surface area contributed by atoms with Crippen LogP contribution in [-0.2, 0) is 9.63 Å². The van der Waals surface area contributed by atoms with Crippen molar-refractivity contribution >= 4 is 11.8 Å². The minimum absolute atomic E-state index is 0.288. The molecule has 2 bridgehead atoms. The average molecular weight is 398 g/mol. The van der Waals surface area contributed by atoms with Crippen LogP contribution < -0.4 is 10.1 Å². The SMILES string of the molecule is CON(C)C(=O)[C@@H]1CCCCCCOc2ccnc(n2)-c2ccccc2C(=O)N1. The first-order valence-electron chi connectivity index (χ1n) is 9.78. The molecule has 1 aromatic heterocycles. The standard InChI is InChI=1S/C21H26N4O4/c1-25(28-2)21(27)17-11-5-3-4-8-14-29-18-12-13-22-19(24-18)15-9-6-7-10-16(15)20(26)23-17/h6-7,9-10,12-13,17H,3-5,8,11,14H2,1-2H3,(H,23,26)/t17-/m0/s1. The van der Waals surface area contributed by atoms with Crippen LogP contribution >= 0.6 is 0 Å². The molecule has 2 amide bonds. The highest BCUT2D eigenvalue weighted by Crippen LogP contribution is 2.23. The molecule has 0 radical (unpaired) electrons. The molecule has 154 valence electrons. The third kappa shape index (κ3) is 5.29. The number of carbonyl (C=O) groups excluding carboxylic acids is 2. The summed E-state index contributed by atoms with van der Waals surface area (Å²) in [7, 11) is 2.96. The lowest BCUT2D eigenvalue weighted by Gasteiger charge is -2.23. The van der Waals surface area contributed by atoms with E-state index >= 15 is 0 Å². The van der Waals surface area contributed by atoms with Gasteiger partial charge in [0.25, 0.3) is 11.8 Å². The fraction of sp³-hybridized carbons (Fsp3) is 0.429. The lowest BCUT2D eigenvalue weighted by molar-refractivity contribution is -0.171. The lowest BCUT2D eigenvalue weighted by atomic mass is 10.0. The van der Waals surface area contributed by atoms with Crippen LogP contribution in [0.15, 0.2) is 36.5 Å². The molecule has 0 aliphatic carbocycles. The second-order valence-electron chi connectivity index (χ2n) is 6.86. The van der Waals surface area contributed by atoms with Gasteiger partial charge in [0.15, 0.2) is 5.82 Å². The molecule has 1 aliphatic rings. The van der Waals surface area contributed by atoms with Gasteiger partial charge in [-0.15, -0.1) is 0 Å². The molecule has 3 rings (SSSR count). The fourth-order valence-corrected chi connectivity index (χ4v) is 3.21. The van der Waals surface area contributed by atoms with E-state index in [1.54, 1.807) is 30.5 Å². The summed E-state index contributed by atoms with van der Waals surface area (Å²) in [5.74, 6) is 0.243. The third-order valence-electron chi connectivity index (χ3n) is 4.87. The number of ether oxygens (including phenoxy) is 1. The van der Waals surface area contributed by atoms with Crippen molar-refractivity contribution in [1.82, 2.24) is 20.3 Å². The lowest BCUT2D eigenvalue weighted by Crippen LogP contribution is -2.47. The number of aromatic nitrogens is 2. The number of nitrogens with one attached hydrogen (secondary N) is 1. The van der Waals surface area contributed by atoms with Crippen LogP contribution in [0.4, 0.5) is 0 Å². The van der Waals surface area contributed by atoms with Gasteiger partial charge in [-0.05, 0) is 18.9 Å². The summed E-state index contributed by atoms with van der Waals surface area (Å²) in [5, 5.41) is 4.01. The Balaban J connectivity index is 1.95. The minimum Gasteiger partial charge on any atom is -0.478 e. The van der Waals surface area contributed by atoms with E-state index in [1.807, 2.05) is 6.07 Å². The highest BCUT2D eigenvalue weighted by molar-refractivity contribution is 6.02. The summed E-state index contributed by atoms with van der Waals surface area (Å²) >= 11 is 0. The normalized spacial score (nSPS) is 17.7. The topological polar surface area (TPSA) is 93.7 Å². The molecule has 29 heavy (non-hydrogen) atoms. The van der Waals surface area contributed by atoms with Crippen LogP contribution in [0.3, 0.4) is 0 Å². The van der Waals surface area contributed by atoms with Gasteiger partial charge in [-0.1, -0.05) is 37.5 Å². The smallest absolute Gasteiger partial charge is 0.268 e. The summed E-state index contributed by atoms with van der Waals surface area (Å²) in [5.41, 5.74) is 0.981. The first-order chi connectivity index (χ1) is 14.1. The van der Waals surface area contributed by atoms with Crippen molar-refractivity contribution < 1.29 is 19.2 Å². The second-order valence-corrected chi connectivity index (χ2v) is 6.86. The van der Waals surface area contributed by atoms with Gasteiger partial charge in [0.2, 0.25) is 5.88 Å². The number of nitrogens with zero attached hydrogens (tertiary/aromatic N) is 3. The van der Waals surface area contributed by atoms with Crippen LogP contribution in [-0.4, -0.2) is 53.7 Å².